The molecule has 1 heterocycles. The van der Waals surface area contributed by atoms with Gasteiger partial charge in [-0.2, -0.15) is 0 Å². The van der Waals surface area contributed by atoms with Gasteiger partial charge in [-0.3, -0.25) is 10.1 Å². The molecule has 5 heteroatoms. The molecule has 0 aliphatic carbocycles. The standard InChI is InChI=1S/C16H13BrN2OS/c1-9-6-10(2)14-13(7-9)18-16(21-14)19-15(20)11-4-3-5-12(17)8-11/h3-8H,1-2H3,(H,18,19,20). The van der Waals surface area contributed by atoms with Crippen LogP contribution >= 0.6 is 27.3 Å². The molecule has 0 aliphatic rings. The molecular formula is C16H13BrN2OS. The van der Waals surface area contributed by atoms with Crippen molar-refractivity contribution in [1.29, 1.82) is 0 Å². The summed E-state index contributed by atoms with van der Waals surface area (Å²) in [5.74, 6) is -0.148. The normalized spacial score (nSPS) is 10.8. The van der Waals surface area contributed by atoms with Crippen LogP contribution < -0.4 is 5.32 Å². The minimum atomic E-state index is -0.148. The van der Waals surface area contributed by atoms with Crippen molar-refractivity contribution in [3.63, 3.8) is 0 Å². The Bertz CT molecular complexity index is 841. The summed E-state index contributed by atoms with van der Waals surface area (Å²) >= 11 is 4.87. The van der Waals surface area contributed by atoms with Gasteiger partial charge in [0.15, 0.2) is 5.13 Å². The van der Waals surface area contributed by atoms with E-state index in [9.17, 15) is 4.79 Å². The van der Waals surface area contributed by atoms with Crippen LogP contribution in [0.5, 0.6) is 0 Å². The predicted molar refractivity (Wildman–Crippen MR) is 91.2 cm³/mol. The Kier molecular flexibility index (Phi) is 3.78. The highest BCUT2D eigenvalue weighted by Crippen LogP contribution is 2.30. The molecule has 106 valence electrons. The molecule has 0 aliphatic heterocycles. The minimum absolute atomic E-state index is 0.148. The molecule has 0 atom stereocenters. The number of anilines is 1. The van der Waals surface area contributed by atoms with E-state index in [0.29, 0.717) is 10.7 Å². The Labute approximate surface area is 135 Å². The zero-order valence-electron chi connectivity index (χ0n) is 11.6. The van der Waals surface area contributed by atoms with E-state index >= 15 is 0 Å². The summed E-state index contributed by atoms with van der Waals surface area (Å²) in [5, 5.41) is 3.50. The molecule has 1 amide bonds. The second-order valence-electron chi connectivity index (χ2n) is 4.91. The van der Waals surface area contributed by atoms with Crippen LogP contribution in [0.3, 0.4) is 0 Å². The first-order valence-corrected chi connectivity index (χ1v) is 8.08. The van der Waals surface area contributed by atoms with Crippen LogP contribution in [0.2, 0.25) is 0 Å². The van der Waals surface area contributed by atoms with Gasteiger partial charge in [-0.15, -0.1) is 0 Å². The van der Waals surface area contributed by atoms with E-state index in [1.807, 2.05) is 25.1 Å². The highest BCUT2D eigenvalue weighted by molar-refractivity contribution is 9.10. The van der Waals surface area contributed by atoms with Crippen LogP contribution in [0, 0.1) is 13.8 Å². The van der Waals surface area contributed by atoms with E-state index in [4.69, 9.17) is 0 Å². The molecule has 0 radical (unpaired) electrons. The lowest BCUT2D eigenvalue weighted by atomic mass is 10.1. The fourth-order valence-corrected chi connectivity index (χ4v) is 3.54. The summed E-state index contributed by atoms with van der Waals surface area (Å²) in [6, 6.07) is 11.5. The largest absolute Gasteiger partial charge is 0.298 e. The molecule has 0 bridgehead atoms. The summed E-state index contributed by atoms with van der Waals surface area (Å²) in [5.41, 5.74) is 3.90. The number of thiazole rings is 1. The Balaban J connectivity index is 1.91. The number of carbonyl (C=O) groups excluding carboxylic acids is 1. The van der Waals surface area contributed by atoms with Gasteiger partial charge < -0.3 is 0 Å². The molecule has 2 aromatic carbocycles. The zero-order chi connectivity index (χ0) is 15.0. The topological polar surface area (TPSA) is 42.0 Å². The second-order valence-corrected chi connectivity index (χ2v) is 6.83. The maximum absolute atomic E-state index is 12.2. The molecule has 0 fully saturated rings. The highest BCUT2D eigenvalue weighted by Gasteiger charge is 2.11. The summed E-state index contributed by atoms with van der Waals surface area (Å²) in [6.45, 7) is 4.11. The molecule has 0 saturated carbocycles. The lowest BCUT2D eigenvalue weighted by molar-refractivity contribution is 0.102. The third-order valence-corrected chi connectivity index (χ3v) is 4.74. The fraction of sp³-hybridized carbons (Fsp3) is 0.125. The van der Waals surface area contributed by atoms with E-state index in [-0.39, 0.29) is 5.91 Å². The number of hydrogen-bond donors (Lipinski definition) is 1. The van der Waals surface area contributed by atoms with Crippen LogP contribution in [0.25, 0.3) is 10.2 Å². The molecule has 0 saturated heterocycles. The number of fused-ring (bicyclic) bond motifs is 1. The van der Waals surface area contributed by atoms with Gasteiger partial charge in [0.2, 0.25) is 0 Å². The van der Waals surface area contributed by atoms with E-state index in [1.165, 1.54) is 22.5 Å². The fourth-order valence-electron chi connectivity index (χ4n) is 2.23. The Morgan fingerprint density at radius 3 is 2.81 bits per heavy atom. The summed E-state index contributed by atoms with van der Waals surface area (Å²) in [6.07, 6.45) is 0. The number of rotatable bonds is 2. The monoisotopic (exact) mass is 360 g/mol. The van der Waals surface area contributed by atoms with Crippen molar-refractivity contribution >= 4 is 48.5 Å². The quantitative estimate of drug-likeness (QED) is 0.703. The summed E-state index contributed by atoms with van der Waals surface area (Å²) in [7, 11) is 0. The van der Waals surface area contributed by atoms with Gasteiger partial charge in [-0.05, 0) is 49.2 Å². The van der Waals surface area contributed by atoms with Crippen molar-refractivity contribution in [1.82, 2.24) is 4.98 Å². The maximum atomic E-state index is 12.2. The third-order valence-electron chi connectivity index (χ3n) is 3.13. The van der Waals surface area contributed by atoms with Gasteiger partial charge in [-0.25, -0.2) is 4.98 Å². The van der Waals surface area contributed by atoms with Crippen molar-refractivity contribution in [2.75, 3.05) is 5.32 Å². The molecule has 3 rings (SSSR count). The van der Waals surface area contributed by atoms with Crippen molar-refractivity contribution in [3.05, 3.63) is 57.6 Å². The molecular weight excluding hydrogens is 348 g/mol. The number of nitrogens with zero attached hydrogens (tertiary/aromatic N) is 1. The van der Waals surface area contributed by atoms with Gasteiger partial charge in [0.05, 0.1) is 10.2 Å². The van der Waals surface area contributed by atoms with Crippen LogP contribution in [0.15, 0.2) is 40.9 Å². The Morgan fingerprint density at radius 1 is 1.24 bits per heavy atom. The number of aryl methyl sites for hydroxylation is 2. The van der Waals surface area contributed by atoms with Gasteiger partial charge in [-0.1, -0.05) is 39.4 Å². The Hall–Kier alpha value is -1.72. The predicted octanol–water partition coefficient (Wildman–Crippen LogP) is 4.93. The number of hydrogen-bond acceptors (Lipinski definition) is 3. The van der Waals surface area contributed by atoms with Crippen molar-refractivity contribution in [3.8, 4) is 0 Å². The lowest BCUT2D eigenvalue weighted by Gasteiger charge is -2.01. The molecule has 1 N–H and O–H groups in total. The molecule has 21 heavy (non-hydrogen) atoms. The number of amides is 1. The highest BCUT2D eigenvalue weighted by atomic mass is 79.9. The smallest absolute Gasteiger partial charge is 0.257 e. The number of nitrogens with one attached hydrogen (secondary N) is 1. The molecule has 0 unspecified atom stereocenters. The second kappa shape index (κ2) is 5.58. The van der Waals surface area contributed by atoms with Crippen molar-refractivity contribution < 1.29 is 4.79 Å². The van der Waals surface area contributed by atoms with Crippen molar-refractivity contribution in [2.24, 2.45) is 0 Å². The van der Waals surface area contributed by atoms with E-state index in [2.05, 4.69) is 39.2 Å². The first-order valence-electron chi connectivity index (χ1n) is 6.47. The third kappa shape index (κ3) is 2.99. The summed E-state index contributed by atoms with van der Waals surface area (Å²) < 4.78 is 2.00. The molecule has 3 nitrogen and oxygen atoms in total. The van der Waals surface area contributed by atoms with Gasteiger partial charge in [0, 0.05) is 10.0 Å². The van der Waals surface area contributed by atoms with Crippen LogP contribution in [0.1, 0.15) is 21.5 Å². The average Bonchev–Trinajstić information content (AvgIpc) is 2.81. The zero-order valence-corrected chi connectivity index (χ0v) is 14.0. The molecule has 0 spiro atoms. The lowest BCUT2D eigenvalue weighted by Crippen LogP contribution is -2.11. The van der Waals surface area contributed by atoms with E-state index < -0.39 is 0 Å². The number of carbonyl (C=O) groups is 1. The minimum Gasteiger partial charge on any atom is -0.298 e. The molecule has 1 aromatic heterocycles. The maximum Gasteiger partial charge on any atom is 0.257 e. The summed E-state index contributed by atoms with van der Waals surface area (Å²) in [4.78, 5) is 16.7. The number of benzene rings is 2. The SMILES string of the molecule is Cc1cc(C)c2sc(NC(=O)c3cccc(Br)c3)nc2c1. The molecule has 3 aromatic rings. The van der Waals surface area contributed by atoms with E-state index in [1.54, 1.807) is 12.1 Å². The first kappa shape index (κ1) is 14.2. The number of aromatic nitrogens is 1. The average molecular weight is 361 g/mol. The Morgan fingerprint density at radius 2 is 2.05 bits per heavy atom. The van der Waals surface area contributed by atoms with E-state index in [0.717, 1.165) is 14.7 Å². The van der Waals surface area contributed by atoms with Gasteiger partial charge >= 0.3 is 0 Å². The van der Waals surface area contributed by atoms with Crippen molar-refractivity contribution in [2.45, 2.75) is 13.8 Å². The first-order chi connectivity index (χ1) is 10.0. The van der Waals surface area contributed by atoms with Crippen LogP contribution in [-0.2, 0) is 0 Å². The van der Waals surface area contributed by atoms with Gasteiger partial charge in [0.25, 0.3) is 5.91 Å². The van der Waals surface area contributed by atoms with Crippen LogP contribution in [-0.4, -0.2) is 10.9 Å². The van der Waals surface area contributed by atoms with Gasteiger partial charge in [0.1, 0.15) is 0 Å². The van der Waals surface area contributed by atoms with Crippen LogP contribution in [0.4, 0.5) is 5.13 Å². The number of halogens is 1.